The Morgan fingerprint density at radius 3 is 2.56 bits per heavy atom. The van der Waals surface area contributed by atoms with E-state index in [0.717, 1.165) is 18.6 Å². The molecule has 0 heterocycles. The van der Waals surface area contributed by atoms with Gasteiger partial charge in [-0.1, -0.05) is 46.5 Å². The van der Waals surface area contributed by atoms with Crippen molar-refractivity contribution in [3.8, 4) is 0 Å². The Kier molecular flexibility index (Phi) is 7.92. The highest BCUT2D eigenvalue weighted by Crippen LogP contribution is 2.27. The summed E-state index contributed by atoms with van der Waals surface area (Å²) in [5.74, 6) is 1.64. The second-order valence-corrected chi connectivity index (χ2v) is 6.33. The number of hydrogen-bond donors (Lipinski definition) is 1. The van der Waals surface area contributed by atoms with E-state index in [1.165, 1.54) is 44.9 Å². The Hall–Kier alpha value is -0.0800. The summed E-state index contributed by atoms with van der Waals surface area (Å²) < 4.78 is 5.34. The van der Waals surface area contributed by atoms with E-state index in [4.69, 9.17) is 4.74 Å². The van der Waals surface area contributed by atoms with E-state index in [1.54, 1.807) is 7.11 Å². The van der Waals surface area contributed by atoms with Crippen LogP contribution in [0.2, 0.25) is 0 Å². The first-order chi connectivity index (χ1) is 8.67. The third-order valence-corrected chi connectivity index (χ3v) is 4.39. The van der Waals surface area contributed by atoms with Crippen molar-refractivity contribution >= 4 is 0 Å². The molecule has 0 aromatic rings. The third-order valence-electron chi connectivity index (χ3n) is 4.39. The molecule has 1 N–H and O–H groups in total. The van der Waals surface area contributed by atoms with Crippen molar-refractivity contribution in [1.82, 2.24) is 5.32 Å². The van der Waals surface area contributed by atoms with Crippen molar-refractivity contribution in [3.05, 3.63) is 0 Å². The van der Waals surface area contributed by atoms with Crippen LogP contribution >= 0.6 is 0 Å². The van der Waals surface area contributed by atoms with Gasteiger partial charge in [-0.3, -0.25) is 0 Å². The van der Waals surface area contributed by atoms with Gasteiger partial charge >= 0.3 is 0 Å². The molecule has 1 aliphatic rings. The van der Waals surface area contributed by atoms with Crippen molar-refractivity contribution in [2.24, 2.45) is 11.8 Å². The van der Waals surface area contributed by atoms with Gasteiger partial charge < -0.3 is 10.1 Å². The van der Waals surface area contributed by atoms with Crippen molar-refractivity contribution in [2.75, 3.05) is 13.7 Å². The maximum Gasteiger partial charge on any atom is 0.0618 e. The Morgan fingerprint density at radius 2 is 1.94 bits per heavy atom. The minimum Gasteiger partial charge on any atom is -0.383 e. The monoisotopic (exact) mass is 255 g/mol. The molecule has 0 aromatic carbocycles. The summed E-state index contributed by atoms with van der Waals surface area (Å²) in [6, 6.07) is 1.23. The van der Waals surface area contributed by atoms with Gasteiger partial charge in [-0.15, -0.1) is 0 Å². The Bertz CT molecular complexity index is 205. The molecule has 0 radical (unpaired) electrons. The first-order valence-corrected chi connectivity index (χ1v) is 7.92. The molecule has 2 nitrogen and oxygen atoms in total. The van der Waals surface area contributed by atoms with Gasteiger partial charge in [0.05, 0.1) is 6.61 Å². The fourth-order valence-corrected chi connectivity index (χ4v) is 3.16. The lowest BCUT2D eigenvalue weighted by Gasteiger charge is -2.27. The van der Waals surface area contributed by atoms with Crippen LogP contribution in [0.3, 0.4) is 0 Å². The molecule has 3 unspecified atom stereocenters. The van der Waals surface area contributed by atoms with Crippen LogP contribution in [-0.2, 0) is 4.74 Å². The second-order valence-electron chi connectivity index (χ2n) is 6.33. The molecule has 0 amide bonds. The van der Waals surface area contributed by atoms with Crippen LogP contribution in [-0.4, -0.2) is 25.8 Å². The first kappa shape index (κ1) is 16.0. The zero-order valence-electron chi connectivity index (χ0n) is 12.9. The molecule has 0 bridgehead atoms. The van der Waals surface area contributed by atoms with Crippen LogP contribution in [0.15, 0.2) is 0 Å². The van der Waals surface area contributed by atoms with E-state index in [-0.39, 0.29) is 0 Å². The van der Waals surface area contributed by atoms with Gasteiger partial charge in [0.1, 0.15) is 0 Å². The molecule has 0 saturated heterocycles. The van der Waals surface area contributed by atoms with Gasteiger partial charge in [0.25, 0.3) is 0 Å². The fourth-order valence-electron chi connectivity index (χ4n) is 3.16. The lowest BCUT2D eigenvalue weighted by molar-refractivity contribution is 0.138. The zero-order chi connectivity index (χ0) is 13.4. The van der Waals surface area contributed by atoms with Crippen molar-refractivity contribution in [2.45, 2.75) is 77.8 Å². The number of nitrogens with one attached hydrogen (secondary N) is 1. The van der Waals surface area contributed by atoms with Crippen molar-refractivity contribution < 1.29 is 4.74 Å². The molecule has 1 aliphatic carbocycles. The summed E-state index contributed by atoms with van der Waals surface area (Å²) in [4.78, 5) is 0. The summed E-state index contributed by atoms with van der Waals surface area (Å²) >= 11 is 0. The largest absolute Gasteiger partial charge is 0.383 e. The van der Waals surface area contributed by atoms with Crippen LogP contribution in [0, 0.1) is 11.8 Å². The molecule has 1 saturated carbocycles. The summed E-state index contributed by atoms with van der Waals surface area (Å²) in [6.07, 6.45) is 9.76. The highest BCUT2D eigenvalue weighted by Gasteiger charge is 2.22. The lowest BCUT2D eigenvalue weighted by Crippen LogP contribution is -2.44. The number of hydrogen-bond acceptors (Lipinski definition) is 2. The van der Waals surface area contributed by atoms with E-state index in [9.17, 15) is 0 Å². The maximum absolute atomic E-state index is 5.34. The molecule has 108 valence electrons. The average molecular weight is 255 g/mol. The van der Waals surface area contributed by atoms with Gasteiger partial charge in [-0.25, -0.2) is 0 Å². The summed E-state index contributed by atoms with van der Waals surface area (Å²) in [5.41, 5.74) is 0. The van der Waals surface area contributed by atoms with Crippen LogP contribution < -0.4 is 5.32 Å². The molecule has 2 heteroatoms. The van der Waals surface area contributed by atoms with Crippen LogP contribution in [0.4, 0.5) is 0 Å². The summed E-state index contributed by atoms with van der Waals surface area (Å²) in [7, 11) is 1.81. The van der Waals surface area contributed by atoms with Gasteiger partial charge in [-0.2, -0.15) is 0 Å². The average Bonchev–Trinajstić information content (AvgIpc) is 2.55. The first-order valence-electron chi connectivity index (χ1n) is 7.92. The van der Waals surface area contributed by atoms with Gasteiger partial charge in [-0.05, 0) is 31.1 Å². The SMILES string of the molecule is CCCC1CCCC(NC(COC)C(C)C)CC1. The fraction of sp³-hybridized carbons (Fsp3) is 1.00. The normalized spacial score (nSPS) is 27.2. The molecule has 18 heavy (non-hydrogen) atoms. The quantitative estimate of drug-likeness (QED) is 0.694. The molecule has 0 aromatic heterocycles. The number of rotatable bonds is 7. The van der Waals surface area contributed by atoms with Gasteiger partial charge in [0.2, 0.25) is 0 Å². The number of methoxy groups -OCH3 is 1. The van der Waals surface area contributed by atoms with Crippen LogP contribution in [0.5, 0.6) is 0 Å². The van der Waals surface area contributed by atoms with E-state index >= 15 is 0 Å². The molecule has 1 fully saturated rings. The van der Waals surface area contributed by atoms with Crippen molar-refractivity contribution in [3.63, 3.8) is 0 Å². The molecule has 0 spiro atoms. The van der Waals surface area contributed by atoms with Crippen LogP contribution in [0.1, 0.15) is 65.7 Å². The maximum atomic E-state index is 5.34. The predicted molar refractivity (Wildman–Crippen MR) is 78.9 cm³/mol. The predicted octanol–water partition coefficient (Wildman–Crippen LogP) is 4.00. The summed E-state index contributed by atoms with van der Waals surface area (Å²) in [6.45, 7) is 7.72. The molecular formula is C16H33NO. The Morgan fingerprint density at radius 1 is 1.17 bits per heavy atom. The molecule has 0 aliphatic heterocycles. The second kappa shape index (κ2) is 8.92. The third kappa shape index (κ3) is 5.71. The Labute approximate surface area is 114 Å². The zero-order valence-corrected chi connectivity index (χ0v) is 12.9. The standard InChI is InChI=1S/C16H33NO/c1-5-7-14-8-6-9-15(11-10-14)17-16(12-18-4)13(2)3/h13-17H,5-12H2,1-4H3. The van der Waals surface area contributed by atoms with E-state index in [1.807, 2.05) is 0 Å². The Balaban J connectivity index is 2.37. The van der Waals surface area contributed by atoms with E-state index in [0.29, 0.717) is 12.0 Å². The summed E-state index contributed by atoms with van der Waals surface area (Å²) in [5, 5.41) is 3.83. The molecular weight excluding hydrogens is 222 g/mol. The number of ether oxygens (including phenoxy) is 1. The molecule has 1 rings (SSSR count). The van der Waals surface area contributed by atoms with E-state index < -0.39 is 0 Å². The van der Waals surface area contributed by atoms with Gasteiger partial charge in [0.15, 0.2) is 0 Å². The minimum atomic E-state index is 0.516. The highest BCUT2D eigenvalue weighted by molar-refractivity contribution is 4.80. The topological polar surface area (TPSA) is 21.3 Å². The van der Waals surface area contributed by atoms with E-state index in [2.05, 4.69) is 26.1 Å². The minimum absolute atomic E-state index is 0.516. The molecule has 3 atom stereocenters. The van der Waals surface area contributed by atoms with Crippen molar-refractivity contribution in [1.29, 1.82) is 0 Å². The van der Waals surface area contributed by atoms with Crippen LogP contribution in [0.25, 0.3) is 0 Å². The smallest absolute Gasteiger partial charge is 0.0618 e. The lowest BCUT2D eigenvalue weighted by atomic mass is 9.95. The van der Waals surface area contributed by atoms with Gasteiger partial charge in [0, 0.05) is 19.2 Å². The highest BCUT2D eigenvalue weighted by atomic mass is 16.5.